The molecular weight excluding hydrogens is 270 g/mol. The Morgan fingerprint density at radius 1 is 1.38 bits per heavy atom. The maximum absolute atomic E-state index is 12.4. The fraction of sp³-hybridized carbons (Fsp3) is 0.467. The van der Waals surface area contributed by atoms with Crippen LogP contribution in [0.15, 0.2) is 18.2 Å². The third-order valence-corrected chi connectivity index (χ3v) is 4.20. The topological polar surface area (TPSA) is 93.5 Å². The van der Waals surface area contributed by atoms with Gasteiger partial charge in [0.15, 0.2) is 6.61 Å². The normalized spacial score (nSPS) is 19.4. The van der Waals surface area contributed by atoms with Crippen LogP contribution in [-0.2, 0) is 4.79 Å². The SMILES string of the molecule is NCC1(NC(=O)c2ccc3c(c2)NC(=O)CO3)CCCC1. The number of rotatable bonds is 3. The zero-order valence-corrected chi connectivity index (χ0v) is 11.8. The summed E-state index contributed by atoms with van der Waals surface area (Å²) in [6, 6.07) is 5.04. The molecule has 1 heterocycles. The predicted octanol–water partition coefficient (Wildman–Crippen LogP) is 1.02. The maximum Gasteiger partial charge on any atom is 0.262 e. The molecule has 1 aliphatic heterocycles. The highest BCUT2D eigenvalue weighted by Gasteiger charge is 2.34. The Balaban J connectivity index is 1.79. The van der Waals surface area contributed by atoms with Crippen LogP contribution in [0.2, 0.25) is 0 Å². The van der Waals surface area contributed by atoms with E-state index < -0.39 is 0 Å². The second-order valence-corrected chi connectivity index (χ2v) is 5.69. The van der Waals surface area contributed by atoms with E-state index in [1.165, 1.54) is 0 Å². The van der Waals surface area contributed by atoms with Crippen LogP contribution in [0.1, 0.15) is 36.0 Å². The summed E-state index contributed by atoms with van der Waals surface area (Å²) in [6.45, 7) is 0.457. The first-order valence-corrected chi connectivity index (χ1v) is 7.21. The Kier molecular flexibility index (Phi) is 3.55. The van der Waals surface area contributed by atoms with E-state index in [4.69, 9.17) is 10.5 Å². The second kappa shape index (κ2) is 5.37. The largest absolute Gasteiger partial charge is 0.482 e. The number of benzene rings is 1. The van der Waals surface area contributed by atoms with Gasteiger partial charge < -0.3 is 21.1 Å². The molecule has 1 aromatic carbocycles. The van der Waals surface area contributed by atoms with Gasteiger partial charge in [-0.25, -0.2) is 0 Å². The molecule has 3 rings (SSSR count). The van der Waals surface area contributed by atoms with E-state index in [0.29, 0.717) is 23.5 Å². The average molecular weight is 289 g/mol. The van der Waals surface area contributed by atoms with Crippen molar-refractivity contribution in [2.75, 3.05) is 18.5 Å². The minimum atomic E-state index is -0.285. The van der Waals surface area contributed by atoms with E-state index in [2.05, 4.69) is 10.6 Å². The zero-order chi connectivity index (χ0) is 14.9. The van der Waals surface area contributed by atoms with Gasteiger partial charge in [0.1, 0.15) is 5.75 Å². The quantitative estimate of drug-likeness (QED) is 0.774. The molecule has 2 amide bonds. The molecule has 112 valence electrons. The predicted molar refractivity (Wildman–Crippen MR) is 78.3 cm³/mol. The molecule has 0 bridgehead atoms. The lowest BCUT2D eigenvalue weighted by atomic mass is 9.97. The van der Waals surface area contributed by atoms with Crippen molar-refractivity contribution >= 4 is 17.5 Å². The lowest BCUT2D eigenvalue weighted by molar-refractivity contribution is -0.118. The minimum absolute atomic E-state index is 0.00876. The molecule has 1 saturated carbocycles. The van der Waals surface area contributed by atoms with Crippen molar-refractivity contribution in [3.05, 3.63) is 23.8 Å². The summed E-state index contributed by atoms with van der Waals surface area (Å²) in [7, 11) is 0. The molecule has 0 radical (unpaired) electrons. The summed E-state index contributed by atoms with van der Waals surface area (Å²) < 4.78 is 5.28. The number of hydrogen-bond acceptors (Lipinski definition) is 4. The molecular formula is C15H19N3O3. The van der Waals surface area contributed by atoms with Crippen molar-refractivity contribution in [2.24, 2.45) is 5.73 Å². The number of nitrogens with two attached hydrogens (primary N) is 1. The van der Waals surface area contributed by atoms with Crippen LogP contribution < -0.4 is 21.1 Å². The third-order valence-electron chi connectivity index (χ3n) is 4.20. The molecule has 0 aromatic heterocycles. The van der Waals surface area contributed by atoms with Crippen molar-refractivity contribution in [3.63, 3.8) is 0 Å². The molecule has 1 aliphatic carbocycles. The number of ether oxygens (including phenoxy) is 1. The molecule has 4 N–H and O–H groups in total. The van der Waals surface area contributed by atoms with E-state index in [-0.39, 0.29) is 24.0 Å². The molecule has 6 heteroatoms. The second-order valence-electron chi connectivity index (χ2n) is 5.69. The molecule has 0 spiro atoms. The number of hydrogen-bond donors (Lipinski definition) is 3. The zero-order valence-electron chi connectivity index (χ0n) is 11.8. The number of carbonyl (C=O) groups excluding carboxylic acids is 2. The van der Waals surface area contributed by atoms with Crippen molar-refractivity contribution in [2.45, 2.75) is 31.2 Å². The van der Waals surface area contributed by atoms with Crippen LogP contribution in [0.25, 0.3) is 0 Å². The monoisotopic (exact) mass is 289 g/mol. The number of anilines is 1. The molecule has 0 saturated heterocycles. The van der Waals surface area contributed by atoms with Crippen LogP contribution in [0, 0.1) is 0 Å². The fourth-order valence-corrected chi connectivity index (χ4v) is 2.97. The summed E-state index contributed by atoms with van der Waals surface area (Å²) in [5.74, 6) is 0.208. The van der Waals surface area contributed by atoms with Crippen LogP contribution in [0.5, 0.6) is 5.75 Å². The Labute approximate surface area is 123 Å². The first-order chi connectivity index (χ1) is 10.1. The van der Waals surface area contributed by atoms with Gasteiger partial charge in [0.25, 0.3) is 11.8 Å². The number of carbonyl (C=O) groups is 2. The molecule has 21 heavy (non-hydrogen) atoms. The maximum atomic E-state index is 12.4. The summed E-state index contributed by atoms with van der Waals surface area (Å²) in [5, 5.41) is 5.76. The summed E-state index contributed by atoms with van der Waals surface area (Å²) in [5.41, 5.74) is 6.58. The Morgan fingerprint density at radius 3 is 2.86 bits per heavy atom. The van der Waals surface area contributed by atoms with Crippen molar-refractivity contribution in [1.82, 2.24) is 5.32 Å². The standard InChI is InChI=1S/C15H19N3O3/c16-9-15(5-1-2-6-15)18-14(20)10-3-4-12-11(7-10)17-13(19)8-21-12/h3-4,7H,1-2,5-6,8-9,16H2,(H,17,19)(H,18,20). The molecule has 0 atom stereocenters. The lowest BCUT2D eigenvalue weighted by Crippen LogP contribution is -2.51. The van der Waals surface area contributed by atoms with Gasteiger partial charge >= 0.3 is 0 Å². The molecule has 1 aromatic rings. The van der Waals surface area contributed by atoms with Crippen molar-refractivity contribution < 1.29 is 14.3 Å². The van der Waals surface area contributed by atoms with E-state index in [1.54, 1.807) is 18.2 Å². The van der Waals surface area contributed by atoms with Gasteiger partial charge in [-0.3, -0.25) is 9.59 Å². The fourth-order valence-electron chi connectivity index (χ4n) is 2.97. The van der Waals surface area contributed by atoms with Crippen LogP contribution in [-0.4, -0.2) is 30.5 Å². The van der Waals surface area contributed by atoms with Crippen molar-refractivity contribution in [1.29, 1.82) is 0 Å². The van der Waals surface area contributed by atoms with E-state index in [0.717, 1.165) is 25.7 Å². The Bertz CT molecular complexity index is 580. The first-order valence-electron chi connectivity index (χ1n) is 7.21. The van der Waals surface area contributed by atoms with Crippen molar-refractivity contribution in [3.8, 4) is 5.75 Å². The molecule has 1 fully saturated rings. The molecule has 0 unspecified atom stereocenters. The summed E-state index contributed by atoms with van der Waals surface area (Å²) in [4.78, 5) is 23.7. The van der Waals surface area contributed by atoms with Gasteiger partial charge in [0.05, 0.1) is 11.2 Å². The van der Waals surface area contributed by atoms with Gasteiger partial charge in [-0.2, -0.15) is 0 Å². The van der Waals surface area contributed by atoms with Gasteiger partial charge in [0, 0.05) is 12.1 Å². The van der Waals surface area contributed by atoms with Gasteiger partial charge in [-0.05, 0) is 31.0 Å². The Morgan fingerprint density at radius 2 is 2.14 bits per heavy atom. The van der Waals surface area contributed by atoms with Gasteiger partial charge in [-0.1, -0.05) is 12.8 Å². The van der Waals surface area contributed by atoms with E-state index in [9.17, 15) is 9.59 Å². The van der Waals surface area contributed by atoms with Crippen LogP contribution in [0.3, 0.4) is 0 Å². The highest BCUT2D eigenvalue weighted by Crippen LogP contribution is 2.31. The first kappa shape index (κ1) is 13.9. The molecule has 6 nitrogen and oxygen atoms in total. The third kappa shape index (κ3) is 2.71. The van der Waals surface area contributed by atoms with E-state index >= 15 is 0 Å². The minimum Gasteiger partial charge on any atom is -0.482 e. The smallest absolute Gasteiger partial charge is 0.262 e. The average Bonchev–Trinajstić information content (AvgIpc) is 2.95. The van der Waals surface area contributed by atoms with Crippen LogP contribution >= 0.6 is 0 Å². The lowest BCUT2D eigenvalue weighted by Gasteiger charge is -2.29. The number of amides is 2. The summed E-state index contributed by atoms with van der Waals surface area (Å²) in [6.07, 6.45) is 4.01. The number of fused-ring (bicyclic) bond motifs is 1. The van der Waals surface area contributed by atoms with Crippen LogP contribution in [0.4, 0.5) is 5.69 Å². The molecule has 2 aliphatic rings. The number of nitrogens with one attached hydrogen (secondary N) is 2. The van der Waals surface area contributed by atoms with E-state index in [1.807, 2.05) is 0 Å². The summed E-state index contributed by atoms with van der Waals surface area (Å²) >= 11 is 0. The highest BCUT2D eigenvalue weighted by molar-refractivity contribution is 6.00. The highest BCUT2D eigenvalue weighted by atomic mass is 16.5. The van der Waals surface area contributed by atoms with Gasteiger partial charge in [0.2, 0.25) is 0 Å². The van der Waals surface area contributed by atoms with Gasteiger partial charge in [-0.15, -0.1) is 0 Å². The Hall–Kier alpha value is -2.08.